The van der Waals surface area contributed by atoms with Crippen LogP contribution in [0.15, 0.2) is 88.1 Å². The van der Waals surface area contributed by atoms with Gasteiger partial charge in [-0.1, -0.05) is 42.5 Å². The van der Waals surface area contributed by atoms with Gasteiger partial charge in [-0.05, 0) is 48.1 Å². The number of hydrogen-bond donors (Lipinski definition) is 1. The third kappa shape index (κ3) is 5.31. The van der Waals surface area contributed by atoms with E-state index in [0.717, 1.165) is 11.1 Å². The number of fused-ring (bicyclic) bond motifs is 1. The Kier molecular flexibility index (Phi) is 7.50. The first-order valence-electron chi connectivity index (χ1n) is 12.2. The van der Waals surface area contributed by atoms with E-state index < -0.39 is 5.97 Å². The van der Waals surface area contributed by atoms with E-state index in [1.807, 2.05) is 42.5 Å². The van der Waals surface area contributed by atoms with E-state index in [4.69, 9.17) is 30.8 Å². The second-order valence-corrected chi connectivity index (χ2v) is 9.33. The summed E-state index contributed by atoms with van der Waals surface area (Å²) in [6, 6.07) is 23.6. The number of methoxy groups -OCH3 is 1. The Hall–Kier alpha value is -4.05. The molecule has 2 heterocycles. The molecular weight excluding hydrogens is 504 g/mol. The van der Waals surface area contributed by atoms with Crippen molar-refractivity contribution in [3.05, 3.63) is 94.6 Å². The molecule has 8 nitrogen and oxygen atoms in total. The number of benzene rings is 3. The van der Waals surface area contributed by atoms with Gasteiger partial charge < -0.3 is 23.9 Å². The molecule has 194 valence electrons. The van der Waals surface area contributed by atoms with Crippen LogP contribution in [0.1, 0.15) is 10.4 Å². The minimum absolute atomic E-state index is 0.00208. The molecule has 38 heavy (non-hydrogen) atoms. The zero-order chi connectivity index (χ0) is 26.5. The fraction of sp³-hybridized carbons (Fsp3) is 0.207. The predicted octanol–water partition coefficient (Wildman–Crippen LogP) is 4.96. The van der Waals surface area contributed by atoms with Gasteiger partial charge in [0.15, 0.2) is 11.0 Å². The molecule has 0 bridgehead atoms. The van der Waals surface area contributed by atoms with Crippen LogP contribution >= 0.6 is 12.2 Å². The highest BCUT2D eigenvalue weighted by atomic mass is 32.1. The van der Waals surface area contributed by atoms with Crippen LogP contribution < -0.4 is 15.2 Å². The number of thiocarbonyl (C=S) groups is 1. The van der Waals surface area contributed by atoms with Crippen molar-refractivity contribution in [2.45, 2.75) is 0 Å². The number of quaternary nitrogens is 1. The van der Waals surface area contributed by atoms with Gasteiger partial charge in [0.05, 0.1) is 37.3 Å². The number of anilines is 1. The van der Waals surface area contributed by atoms with E-state index in [1.54, 1.807) is 30.3 Å². The van der Waals surface area contributed by atoms with Gasteiger partial charge in [-0.15, -0.1) is 0 Å². The van der Waals surface area contributed by atoms with Gasteiger partial charge in [-0.2, -0.15) is 0 Å². The number of para-hydroxylation sites is 1. The molecule has 0 aliphatic carbocycles. The average Bonchev–Trinajstić information content (AvgIpc) is 2.97. The average molecular weight is 532 g/mol. The molecule has 1 N–H and O–H groups in total. The molecule has 0 amide bonds. The molecule has 4 aromatic rings. The molecule has 1 aliphatic heterocycles. The van der Waals surface area contributed by atoms with Crippen LogP contribution in [0.3, 0.4) is 0 Å². The van der Waals surface area contributed by atoms with Crippen molar-refractivity contribution >= 4 is 45.9 Å². The molecule has 1 saturated heterocycles. The Morgan fingerprint density at radius 2 is 1.74 bits per heavy atom. The second kappa shape index (κ2) is 11.1. The third-order valence-electron chi connectivity index (χ3n) is 6.62. The maximum Gasteiger partial charge on any atom is 0.342 e. The van der Waals surface area contributed by atoms with E-state index in [9.17, 15) is 9.59 Å². The molecule has 0 radical (unpaired) electrons. The monoisotopic (exact) mass is 531 g/mol. The van der Waals surface area contributed by atoms with Crippen molar-refractivity contribution in [2.24, 2.45) is 0 Å². The molecule has 9 heteroatoms. The second-order valence-electron chi connectivity index (χ2n) is 8.96. The van der Waals surface area contributed by atoms with Crippen LogP contribution in [-0.2, 0) is 14.2 Å². The number of nitrogens with one attached hydrogen (secondary N) is 1. The molecule has 0 saturated carbocycles. The maximum absolute atomic E-state index is 13.2. The summed E-state index contributed by atoms with van der Waals surface area (Å²) in [5, 5.41) is 3.63. The van der Waals surface area contributed by atoms with E-state index >= 15 is 0 Å². The van der Waals surface area contributed by atoms with Crippen molar-refractivity contribution in [1.29, 1.82) is 0 Å². The SMILES string of the molecule is COC(=S)Nc1ccc(C(=O)OC[N+]2(c3cc(=O)c4cccc(-c5ccccc5)c4o3)CCOCC2)cc1. The van der Waals surface area contributed by atoms with Gasteiger partial charge in [-0.3, -0.25) is 4.79 Å². The smallest absolute Gasteiger partial charge is 0.342 e. The number of nitrogens with zero attached hydrogens (tertiary/aromatic N) is 1. The standard InChI is InChI=1S/C29H26N2O6S/c1-34-29(38)30-22-12-10-21(11-13-22)28(33)36-19-31(14-16-35-17-15-31)26-18-25(32)24-9-5-8-23(27(24)37-26)20-6-3-2-4-7-20/h2-13,18H,14-17,19H2,1H3/p+1. The quantitative estimate of drug-likeness (QED) is 0.212. The van der Waals surface area contributed by atoms with E-state index in [1.165, 1.54) is 13.2 Å². The van der Waals surface area contributed by atoms with Gasteiger partial charge in [0, 0.05) is 11.3 Å². The van der Waals surface area contributed by atoms with Gasteiger partial charge in [-0.25, -0.2) is 9.28 Å². The van der Waals surface area contributed by atoms with E-state index in [-0.39, 0.29) is 21.8 Å². The number of carbonyl (C=O) groups is 1. The number of hydrogen-bond acceptors (Lipinski definition) is 7. The molecule has 1 aliphatic rings. The third-order valence-corrected chi connectivity index (χ3v) is 6.89. The summed E-state index contributed by atoms with van der Waals surface area (Å²) in [7, 11) is 1.48. The molecule has 0 atom stereocenters. The Bertz CT molecular complexity index is 1510. The minimum atomic E-state index is -0.483. The topological polar surface area (TPSA) is 87.0 Å². The van der Waals surface area contributed by atoms with Crippen LogP contribution in [-0.4, -0.2) is 51.3 Å². The summed E-state index contributed by atoms with van der Waals surface area (Å²) in [6.07, 6.45) is 0. The van der Waals surface area contributed by atoms with Gasteiger partial charge in [0.25, 0.3) is 5.17 Å². The highest BCUT2D eigenvalue weighted by Gasteiger charge is 2.38. The van der Waals surface area contributed by atoms with Crippen molar-refractivity contribution in [3.63, 3.8) is 0 Å². The summed E-state index contributed by atoms with van der Waals surface area (Å²) >= 11 is 5.00. The van der Waals surface area contributed by atoms with E-state index in [0.29, 0.717) is 54.4 Å². The Morgan fingerprint density at radius 3 is 2.45 bits per heavy atom. The maximum atomic E-state index is 13.2. The Morgan fingerprint density at radius 1 is 1.00 bits per heavy atom. The lowest BCUT2D eigenvalue weighted by Gasteiger charge is -2.37. The van der Waals surface area contributed by atoms with Crippen LogP contribution in [0.4, 0.5) is 11.6 Å². The lowest BCUT2D eigenvalue weighted by molar-refractivity contribution is -0.0242. The first-order chi connectivity index (χ1) is 18.5. The molecule has 1 fully saturated rings. The van der Waals surface area contributed by atoms with Crippen LogP contribution in [0.25, 0.3) is 22.1 Å². The van der Waals surface area contributed by atoms with Gasteiger partial charge in [0.1, 0.15) is 13.1 Å². The number of esters is 1. The Balaban J connectivity index is 1.45. The van der Waals surface area contributed by atoms with Gasteiger partial charge >= 0.3 is 11.9 Å². The molecule has 5 rings (SSSR count). The first-order valence-corrected chi connectivity index (χ1v) is 12.6. The first kappa shape index (κ1) is 25.6. The normalized spacial score (nSPS) is 14.6. The number of morpholine rings is 1. The summed E-state index contributed by atoms with van der Waals surface area (Å²) < 4.78 is 22.9. The summed E-state index contributed by atoms with van der Waals surface area (Å²) in [5.74, 6) is -0.0439. The van der Waals surface area contributed by atoms with Gasteiger partial charge in [0.2, 0.25) is 6.73 Å². The van der Waals surface area contributed by atoms with Crippen LogP contribution in [0, 0.1) is 0 Å². The highest BCUT2D eigenvalue weighted by molar-refractivity contribution is 7.80. The van der Waals surface area contributed by atoms with Crippen molar-refractivity contribution in [3.8, 4) is 11.1 Å². The Labute approximate surface area is 224 Å². The molecule has 0 spiro atoms. The molecular formula is C29H27N2O6S+. The summed E-state index contributed by atoms with van der Waals surface area (Å²) in [4.78, 5) is 26.2. The summed E-state index contributed by atoms with van der Waals surface area (Å²) in [5.41, 5.74) is 3.21. The van der Waals surface area contributed by atoms with Crippen molar-refractivity contribution in [2.75, 3.05) is 45.5 Å². The molecule has 0 unspecified atom stereocenters. The summed E-state index contributed by atoms with van der Waals surface area (Å²) in [6.45, 7) is 1.87. The fourth-order valence-electron chi connectivity index (χ4n) is 4.47. The lowest BCUT2D eigenvalue weighted by Crippen LogP contribution is -2.58. The van der Waals surface area contributed by atoms with Crippen LogP contribution in [0.5, 0.6) is 0 Å². The van der Waals surface area contributed by atoms with Crippen molar-refractivity contribution in [1.82, 2.24) is 4.48 Å². The number of ether oxygens (including phenoxy) is 3. The number of carbonyl (C=O) groups excluding carboxylic acids is 1. The zero-order valence-corrected chi connectivity index (χ0v) is 21.7. The number of rotatable bonds is 6. The van der Waals surface area contributed by atoms with Crippen molar-refractivity contribution < 1.29 is 23.4 Å². The highest BCUT2D eigenvalue weighted by Crippen LogP contribution is 2.33. The minimum Gasteiger partial charge on any atom is -0.474 e. The predicted molar refractivity (Wildman–Crippen MR) is 150 cm³/mol. The largest absolute Gasteiger partial charge is 0.474 e. The molecule has 1 aromatic heterocycles. The molecule has 3 aromatic carbocycles. The fourth-order valence-corrected chi connectivity index (χ4v) is 4.59. The zero-order valence-electron chi connectivity index (χ0n) is 20.8. The van der Waals surface area contributed by atoms with E-state index in [2.05, 4.69) is 5.32 Å². The van der Waals surface area contributed by atoms with Crippen LogP contribution in [0.2, 0.25) is 0 Å². The lowest BCUT2D eigenvalue weighted by atomic mass is 10.0.